The number of nitrogens with one attached hydrogen (secondary N) is 1. The lowest BCUT2D eigenvalue weighted by molar-refractivity contribution is 0.793. The van der Waals surface area contributed by atoms with E-state index >= 15 is 0 Å². The number of anilines is 1. The number of alkyl halides is 2. The minimum atomic E-state index is -0.423. The summed E-state index contributed by atoms with van der Waals surface area (Å²) in [5.41, 5.74) is 0.650. The van der Waals surface area contributed by atoms with E-state index in [0.717, 1.165) is 10.3 Å². The molecule has 7 heteroatoms. The van der Waals surface area contributed by atoms with Gasteiger partial charge in [-0.2, -0.15) is 0 Å². The number of hydrogen-bond acceptors (Lipinski definition) is 3. The lowest BCUT2D eigenvalue weighted by Crippen LogP contribution is -2.33. The molecule has 0 saturated heterocycles. The van der Waals surface area contributed by atoms with Crippen molar-refractivity contribution in [1.82, 2.24) is 9.55 Å². The fraction of sp³-hybridized carbons (Fsp3) is 0.385. The molecule has 0 aliphatic rings. The highest BCUT2D eigenvalue weighted by molar-refractivity contribution is 6.18. The van der Waals surface area contributed by atoms with Crippen molar-refractivity contribution in [2.75, 3.05) is 29.7 Å². The summed E-state index contributed by atoms with van der Waals surface area (Å²) in [5, 5.41) is 0.471. The molecule has 1 N–H and O–H groups in total. The Bertz CT molecular complexity index is 718. The SMILES string of the molecule is Cn1c(=O)[nH]c2ccc(N(CCCl)CCCl)cc2c1=O. The van der Waals surface area contributed by atoms with E-state index in [1.807, 2.05) is 11.0 Å². The third-order valence-electron chi connectivity index (χ3n) is 3.16. The minimum Gasteiger partial charge on any atom is -0.369 e. The number of rotatable bonds is 5. The minimum absolute atomic E-state index is 0.317. The van der Waals surface area contributed by atoms with Crippen LogP contribution >= 0.6 is 23.2 Å². The summed E-state index contributed by atoms with van der Waals surface area (Å²) in [6.45, 7) is 1.28. The third-order valence-corrected chi connectivity index (χ3v) is 3.50. The average Bonchev–Trinajstić information content (AvgIpc) is 2.44. The van der Waals surface area contributed by atoms with E-state index in [1.54, 1.807) is 12.1 Å². The molecule has 1 heterocycles. The van der Waals surface area contributed by atoms with Gasteiger partial charge < -0.3 is 9.88 Å². The van der Waals surface area contributed by atoms with Crippen molar-refractivity contribution in [2.24, 2.45) is 7.05 Å². The molecule has 1 aromatic heterocycles. The van der Waals surface area contributed by atoms with Gasteiger partial charge in [-0.05, 0) is 18.2 Å². The summed E-state index contributed by atoms with van der Waals surface area (Å²) in [6, 6.07) is 5.33. The van der Waals surface area contributed by atoms with Gasteiger partial charge in [0, 0.05) is 37.6 Å². The van der Waals surface area contributed by atoms with Crippen LogP contribution in [0.15, 0.2) is 27.8 Å². The molecule has 0 aliphatic carbocycles. The van der Waals surface area contributed by atoms with Crippen LogP contribution in [0.3, 0.4) is 0 Å². The van der Waals surface area contributed by atoms with Gasteiger partial charge in [-0.1, -0.05) is 0 Å². The highest BCUT2D eigenvalue weighted by Crippen LogP contribution is 2.18. The van der Waals surface area contributed by atoms with Gasteiger partial charge in [-0.25, -0.2) is 4.79 Å². The molecule has 0 atom stereocenters. The summed E-state index contributed by atoms with van der Waals surface area (Å²) in [6.07, 6.45) is 0. The monoisotopic (exact) mass is 315 g/mol. The van der Waals surface area contributed by atoms with Gasteiger partial charge >= 0.3 is 5.69 Å². The summed E-state index contributed by atoms with van der Waals surface area (Å²) >= 11 is 11.6. The van der Waals surface area contributed by atoms with E-state index in [4.69, 9.17) is 23.2 Å². The first-order chi connectivity index (χ1) is 9.58. The Labute approximate surface area is 125 Å². The van der Waals surface area contributed by atoms with E-state index in [2.05, 4.69) is 4.98 Å². The van der Waals surface area contributed by atoms with Crippen molar-refractivity contribution in [3.8, 4) is 0 Å². The number of aromatic nitrogens is 2. The molecular formula is C13H15Cl2N3O2. The zero-order valence-electron chi connectivity index (χ0n) is 11.0. The number of benzene rings is 1. The molecule has 2 aromatic rings. The second kappa shape index (κ2) is 6.33. The molecule has 20 heavy (non-hydrogen) atoms. The second-order valence-corrected chi connectivity index (χ2v) is 5.15. The van der Waals surface area contributed by atoms with Crippen LogP contribution in [-0.4, -0.2) is 34.4 Å². The van der Waals surface area contributed by atoms with Crippen molar-refractivity contribution in [3.05, 3.63) is 39.0 Å². The maximum absolute atomic E-state index is 12.1. The molecule has 0 unspecified atom stereocenters. The standard InChI is InChI=1S/C13H15Cl2N3O2/c1-17-12(19)10-8-9(18(6-4-14)7-5-15)2-3-11(10)16-13(17)20/h2-3,8H,4-7H2,1H3,(H,16,20). The first-order valence-electron chi connectivity index (χ1n) is 6.18. The highest BCUT2D eigenvalue weighted by Gasteiger charge is 2.09. The van der Waals surface area contributed by atoms with Crippen molar-refractivity contribution < 1.29 is 0 Å². The van der Waals surface area contributed by atoms with Gasteiger partial charge in [0.15, 0.2) is 0 Å². The highest BCUT2D eigenvalue weighted by atomic mass is 35.5. The molecule has 0 amide bonds. The van der Waals surface area contributed by atoms with Crippen molar-refractivity contribution in [3.63, 3.8) is 0 Å². The van der Waals surface area contributed by atoms with E-state index in [0.29, 0.717) is 35.8 Å². The van der Waals surface area contributed by atoms with Crippen molar-refractivity contribution in [1.29, 1.82) is 0 Å². The van der Waals surface area contributed by atoms with E-state index in [9.17, 15) is 9.59 Å². The van der Waals surface area contributed by atoms with Crippen LogP contribution in [0.4, 0.5) is 5.69 Å². The Morgan fingerprint density at radius 3 is 2.45 bits per heavy atom. The molecule has 0 fully saturated rings. The predicted molar refractivity (Wildman–Crippen MR) is 83.5 cm³/mol. The molecule has 5 nitrogen and oxygen atoms in total. The van der Waals surface area contributed by atoms with E-state index in [-0.39, 0.29) is 5.56 Å². The summed E-state index contributed by atoms with van der Waals surface area (Å²) in [7, 11) is 1.45. The Morgan fingerprint density at radius 1 is 1.20 bits per heavy atom. The Morgan fingerprint density at radius 2 is 1.85 bits per heavy atom. The number of H-pyrrole nitrogens is 1. The third kappa shape index (κ3) is 2.83. The molecule has 0 saturated carbocycles. The Balaban J connectivity index is 2.57. The topological polar surface area (TPSA) is 58.1 Å². The molecular weight excluding hydrogens is 301 g/mol. The molecule has 108 valence electrons. The smallest absolute Gasteiger partial charge is 0.328 e. The van der Waals surface area contributed by atoms with Crippen LogP contribution < -0.4 is 16.1 Å². The molecule has 0 bridgehead atoms. The van der Waals surface area contributed by atoms with Gasteiger partial charge in [0.1, 0.15) is 0 Å². The molecule has 0 spiro atoms. The largest absolute Gasteiger partial charge is 0.369 e. The molecule has 0 aliphatic heterocycles. The van der Waals surface area contributed by atoms with Crippen LogP contribution in [0.25, 0.3) is 10.9 Å². The molecule has 1 aromatic carbocycles. The number of fused-ring (bicyclic) bond motifs is 1. The summed E-state index contributed by atoms with van der Waals surface area (Å²) in [4.78, 5) is 28.3. The van der Waals surface area contributed by atoms with Gasteiger partial charge in [0.2, 0.25) is 0 Å². The zero-order chi connectivity index (χ0) is 14.7. The number of nitrogens with zero attached hydrogens (tertiary/aromatic N) is 2. The maximum atomic E-state index is 12.1. The summed E-state index contributed by atoms with van der Waals surface area (Å²) in [5.74, 6) is 0.942. The lowest BCUT2D eigenvalue weighted by Gasteiger charge is -2.23. The fourth-order valence-corrected chi connectivity index (χ4v) is 2.47. The quantitative estimate of drug-likeness (QED) is 0.851. The maximum Gasteiger partial charge on any atom is 0.328 e. The Kier molecular flexibility index (Phi) is 4.73. The van der Waals surface area contributed by atoms with Gasteiger partial charge in [-0.15, -0.1) is 23.2 Å². The van der Waals surface area contributed by atoms with Crippen LogP contribution in [-0.2, 0) is 7.05 Å². The second-order valence-electron chi connectivity index (χ2n) is 4.39. The normalized spacial score (nSPS) is 10.9. The van der Waals surface area contributed by atoms with Crippen molar-refractivity contribution in [2.45, 2.75) is 0 Å². The van der Waals surface area contributed by atoms with Crippen LogP contribution in [0, 0.1) is 0 Å². The summed E-state index contributed by atoms with van der Waals surface area (Å²) < 4.78 is 1.06. The first kappa shape index (κ1) is 14.9. The first-order valence-corrected chi connectivity index (χ1v) is 7.25. The lowest BCUT2D eigenvalue weighted by atomic mass is 10.2. The predicted octanol–water partition coefficient (Wildman–Crippen LogP) is 1.51. The Hall–Kier alpha value is -1.46. The molecule has 0 radical (unpaired) electrons. The van der Waals surface area contributed by atoms with Gasteiger partial charge in [-0.3, -0.25) is 9.36 Å². The zero-order valence-corrected chi connectivity index (χ0v) is 12.5. The van der Waals surface area contributed by atoms with E-state index in [1.165, 1.54) is 7.05 Å². The number of halogens is 2. The van der Waals surface area contributed by atoms with Crippen molar-refractivity contribution >= 4 is 39.8 Å². The fourth-order valence-electron chi connectivity index (χ4n) is 2.06. The molecule has 2 rings (SSSR count). The number of aromatic amines is 1. The van der Waals surface area contributed by atoms with Crippen LogP contribution in [0.1, 0.15) is 0 Å². The van der Waals surface area contributed by atoms with Crippen LogP contribution in [0.2, 0.25) is 0 Å². The van der Waals surface area contributed by atoms with Gasteiger partial charge in [0.25, 0.3) is 5.56 Å². The van der Waals surface area contributed by atoms with Crippen LogP contribution in [0.5, 0.6) is 0 Å². The average molecular weight is 316 g/mol. The van der Waals surface area contributed by atoms with Gasteiger partial charge in [0.05, 0.1) is 10.9 Å². The van der Waals surface area contributed by atoms with E-state index < -0.39 is 5.69 Å². The number of hydrogen-bond donors (Lipinski definition) is 1.